The first kappa shape index (κ1) is 17.7. The Kier molecular flexibility index (Phi) is 5.12. The zero-order valence-corrected chi connectivity index (χ0v) is 13.3. The molecule has 0 bridgehead atoms. The number of rotatable bonds is 4. The van der Waals surface area contributed by atoms with Gasteiger partial charge in [-0.05, 0) is 12.1 Å². The van der Waals surface area contributed by atoms with Gasteiger partial charge in [-0.15, -0.1) is 0 Å². The number of methoxy groups -OCH3 is 2. The van der Waals surface area contributed by atoms with Crippen molar-refractivity contribution in [1.29, 1.82) is 0 Å². The summed E-state index contributed by atoms with van der Waals surface area (Å²) in [6.45, 7) is 0. The molecule has 2 heterocycles. The van der Waals surface area contributed by atoms with E-state index in [4.69, 9.17) is 5.73 Å². The number of carbonyl (C=O) groups is 3. The Labute approximate surface area is 140 Å². The Morgan fingerprint density at radius 2 is 1.92 bits per heavy atom. The van der Waals surface area contributed by atoms with Gasteiger partial charge >= 0.3 is 18.0 Å². The number of nitrogens with zero attached hydrogens (tertiary/aromatic N) is 2. The molecule has 2 amide bonds. The summed E-state index contributed by atoms with van der Waals surface area (Å²) in [7, 11) is 2.24. The second-order valence-electron chi connectivity index (χ2n) is 4.62. The summed E-state index contributed by atoms with van der Waals surface area (Å²) in [5.41, 5.74) is 3.47. The average molecular weight is 346 g/mol. The van der Waals surface area contributed by atoms with Gasteiger partial charge in [0.05, 0.1) is 19.7 Å². The lowest BCUT2D eigenvalue weighted by molar-refractivity contribution is -0.133. The summed E-state index contributed by atoms with van der Waals surface area (Å²) in [5, 5.41) is 2.07. The maximum absolute atomic E-state index is 12.7. The van der Waals surface area contributed by atoms with Gasteiger partial charge in [0, 0.05) is 12.4 Å². The lowest BCUT2D eigenvalue weighted by atomic mass is 10.2. The Bertz CT molecular complexity index is 947. The zero-order chi connectivity index (χ0) is 18.6. The number of amides is 2. The molecule has 2 aromatic rings. The van der Waals surface area contributed by atoms with Crippen molar-refractivity contribution in [2.75, 3.05) is 14.2 Å². The number of hydrogen-bond donors (Lipinski definition) is 2. The summed E-state index contributed by atoms with van der Waals surface area (Å²) in [5.74, 6) is -1.76. The van der Waals surface area contributed by atoms with E-state index in [0.717, 1.165) is 24.8 Å². The van der Waals surface area contributed by atoms with Crippen molar-refractivity contribution < 1.29 is 23.9 Å². The second kappa shape index (κ2) is 7.25. The first-order chi connectivity index (χ1) is 11.9. The topological polar surface area (TPSA) is 142 Å². The first-order valence-corrected chi connectivity index (χ1v) is 6.85. The molecule has 2 rings (SSSR count). The van der Waals surface area contributed by atoms with Crippen LogP contribution in [0.25, 0.3) is 11.1 Å². The average Bonchev–Trinajstić information content (AvgIpc) is 2.62. The van der Waals surface area contributed by atoms with Crippen molar-refractivity contribution in [2.45, 2.75) is 0 Å². The molecule has 0 aromatic carbocycles. The van der Waals surface area contributed by atoms with Crippen molar-refractivity contribution in [3.8, 4) is 0 Å². The molecule has 0 saturated heterocycles. The molecule has 2 aromatic heterocycles. The minimum atomic E-state index is -0.963. The molecular formula is C15H14N4O6. The Hall–Kier alpha value is -3.69. The van der Waals surface area contributed by atoms with Gasteiger partial charge in [-0.1, -0.05) is 6.07 Å². The van der Waals surface area contributed by atoms with Crippen LogP contribution in [-0.2, 0) is 14.3 Å². The fourth-order valence-electron chi connectivity index (χ4n) is 2.04. The van der Waals surface area contributed by atoms with E-state index in [1.54, 1.807) is 12.1 Å². The van der Waals surface area contributed by atoms with Crippen molar-refractivity contribution in [3.63, 3.8) is 0 Å². The SMILES string of the molecule is COC(=O)/C(=C/NC(N)=O)c1nc(C(=O)OC)c2ccccn2c1=O. The number of aromatic nitrogens is 2. The Morgan fingerprint density at radius 1 is 1.20 bits per heavy atom. The summed E-state index contributed by atoms with van der Waals surface area (Å²) < 4.78 is 10.4. The number of primary amides is 1. The monoisotopic (exact) mass is 346 g/mol. The predicted molar refractivity (Wildman–Crippen MR) is 85.5 cm³/mol. The number of nitrogens with two attached hydrogens (primary N) is 1. The van der Waals surface area contributed by atoms with Crippen LogP contribution in [0.1, 0.15) is 16.2 Å². The van der Waals surface area contributed by atoms with Gasteiger partial charge in [-0.2, -0.15) is 0 Å². The van der Waals surface area contributed by atoms with Gasteiger partial charge in [-0.3, -0.25) is 9.20 Å². The highest BCUT2D eigenvalue weighted by molar-refractivity contribution is 6.16. The lowest BCUT2D eigenvalue weighted by Crippen LogP contribution is -2.29. The van der Waals surface area contributed by atoms with Crippen molar-refractivity contribution >= 4 is 29.1 Å². The largest absolute Gasteiger partial charge is 0.465 e. The zero-order valence-electron chi connectivity index (χ0n) is 13.3. The van der Waals surface area contributed by atoms with E-state index in [1.807, 2.05) is 0 Å². The van der Waals surface area contributed by atoms with Gasteiger partial charge in [0.15, 0.2) is 5.69 Å². The van der Waals surface area contributed by atoms with Gasteiger partial charge in [-0.25, -0.2) is 19.4 Å². The molecular weight excluding hydrogens is 332 g/mol. The van der Waals surface area contributed by atoms with Crippen LogP contribution in [0.4, 0.5) is 4.79 Å². The quantitative estimate of drug-likeness (QED) is 0.570. The highest BCUT2D eigenvalue weighted by atomic mass is 16.5. The summed E-state index contributed by atoms with van der Waals surface area (Å²) in [6.07, 6.45) is 2.28. The fourth-order valence-corrected chi connectivity index (χ4v) is 2.04. The molecule has 0 fully saturated rings. The number of ether oxygens (including phenoxy) is 2. The summed E-state index contributed by atoms with van der Waals surface area (Å²) in [4.78, 5) is 51.5. The minimum absolute atomic E-state index is 0.188. The minimum Gasteiger partial charge on any atom is -0.465 e. The third kappa shape index (κ3) is 3.47. The van der Waals surface area contributed by atoms with Crippen molar-refractivity contribution in [2.24, 2.45) is 5.73 Å². The molecule has 25 heavy (non-hydrogen) atoms. The number of hydrogen-bond acceptors (Lipinski definition) is 7. The number of pyridine rings is 1. The highest BCUT2D eigenvalue weighted by Crippen LogP contribution is 2.14. The summed E-state index contributed by atoms with van der Waals surface area (Å²) in [6, 6.07) is 3.69. The van der Waals surface area contributed by atoms with E-state index in [-0.39, 0.29) is 16.8 Å². The molecule has 3 N–H and O–H groups in total. The van der Waals surface area contributed by atoms with Crippen LogP contribution in [0.15, 0.2) is 35.4 Å². The van der Waals surface area contributed by atoms with Gasteiger partial charge in [0.2, 0.25) is 0 Å². The summed E-state index contributed by atoms with van der Waals surface area (Å²) >= 11 is 0. The van der Waals surface area contributed by atoms with Crippen LogP contribution in [0.3, 0.4) is 0 Å². The van der Waals surface area contributed by atoms with E-state index < -0.39 is 29.2 Å². The Morgan fingerprint density at radius 3 is 2.52 bits per heavy atom. The number of urea groups is 1. The number of fused-ring (bicyclic) bond motifs is 1. The number of esters is 2. The molecule has 0 radical (unpaired) electrons. The highest BCUT2D eigenvalue weighted by Gasteiger charge is 2.23. The normalized spacial score (nSPS) is 11.0. The molecule has 0 saturated carbocycles. The number of nitrogens with one attached hydrogen (secondary N) is 1. The Balaban J connectivity index is 2.83. The second-order valence-corrected chi connectivity index (χ2v) is 4.62. The van der Waals surface area contributed by atoms with E-state index in [2.05, 4.69) is 19.8 Å². The standard InChI is InChI=1S/C15H14N4O6/c1-24-13(21)8(7-17-15(16)23)10-12(20)19-6-4-3-5-9(19)11(18-10)14(22)25-2/h3-7H,1-2H3,(H3,16,17,23)/b8-7+. The molecule has 10 heteroatoms. The number of carbonyl (C=O) groups excluding carboxylic acids is 3. The van der Waals surface area contributed by atoms with Crippen LogP contribution in [0.5, 0.6) is 0 Å². The molecule has 0 aliphatic heterocycles. The molecule has 0 atom stereocenters. The van der Waals surface area contributed by atoms with Crippen molar-refractivity contribution in [1.82, 2.24) is 14.7 Å². The third-order valence-corrected chi connectivity index (χ3v) is 3.15. The molecule has 10 nitrogen and oxygen atoms in total. The van der Waals surface area contributed by atoms with Gasteiger partial charge in [0.1, 0.15) is 11.3 Å². The van der Waals surface area contributed by atoms with Gasteiger partial charge < -0.3 is 20.5 Å². The van der Waals surface area contributed by atoms with Crippen LogP contribution < -0.4 is 16.6 Å². The molecule has 0 spiro atoms. The van der Waals surface area contributed by atoms with E-state index in [1.165, 1.54) is 12.3 Å². The van der Waals surface area contributed by atoms with E-state index in [9.17, 15) is 19.2 Å². The molecule has 0 aliphatic rings. The van der Waals surface area contributed by atoms with Gasteiger partial charge in [0.25, 0.3) is 5.56 Å². The molecule has 0 aliphatic carbocycles. The smallest absolute Gasteiger partial charge is 0.358 e. The van der Waals surface area contributed by atoms with E-state index >= 15 is 0 Å². The fraction of sp³-hybridized carbons (Fsp3) is 0.133. The lowest BCUT2D eigenvalue weighted by Gasteiger charge is -2.10. The molecule has 130 valence electrons. The maximum Gasteiger partial charge on any atom is 0.358 e. The third-order valence-electron chi connectivity index (χ3n) is 3.15. The van der Waals surface area contributed by atoms with E-state index in [0.29, 0.717) is 0 Å². The maximum atomic E-state index is 12.7. The van der Waals surface area contributed by atoms with Crippen LogP contribution in [0, 0.1) is 0 Å². The van der Waals surface area contributed by atoms with Crippen LogP contribution in [-0.4, -0.2) is 41.6 Å². The molecule has 0 unspecified atom stereocenters. The van der Waals surface area contributed by atoms with Crippen LogP contribution >= 0.6 is 0 Å². The van der Waals surface area contributed by atoms with Crippen LogP contribution in [0.2, 0.25) is 0 Å². The predicted octanol–water partition coefficient (Wildman–Crippen LogP) is -0.337. The first-order valence-electron chi connectivity index (χ1n) is 6.85. The van der Waals surface area contributed by atoms with Crippen molar-refractivity contribution in [3.05, 3.63) is 52.3 Å².